The summed E-state index contributed by atoms with van der Waals surface area (Å²) in [6.45, 7) is 4.61. The Bertz CT molecular complexity index is 241. The molecule has 3 nitrogen and oxygen atoms in total. The summed E-state index contributed by atoms with van der Waals surface area (Å²) in [5.74, 6) is -0.358. The van der Waals surface area contributed by atoms with E-state index in [0.717, 1.165) is 32.2 Å². The van der Waals surface area contributed by atoms with Gasteiger partial charge in [0, 0.05) is 18.3 Å². The van der Waals surface area contributed by atoms with Gasteiger partial charge in [-0.1, -0.05) is 13.8 Å². The third-order valence-corrected chi connectivity index (χ3v) is 3.60. The van der Waals surface area contributed by atoms with E-state index < -0.39 is 0 Å². The van der Waals surface area contributed by atoms with Crippen LogP contribution >= 0.6 is 0 Å². The fourth-order valence-electron chi connectivity index (χ4n) is 2.48. The Labute approximate surface area is 91.1 Å². The van der Waals surface area contributed by atoms with Gasteiger partial charge < -0.3 is 14.3 Å². The lowest BCUT2D eigenvalue weighted by Gasteiger charge is -2.43. The summed E-state index contributed by atoms with van der Waals surface area (Å²) >= 11 is 0. The van der Waals surface area contributed by atoms with Gasteiger partial charge in [0.1, 0.15) is 6.29 Å². The number of ether oxygens (including phenoxy) is 2. The number of hydrogen-bond donors (Lipinski definition) is 0. The molecule has 1 saturated carbocycles. The highest BCUT2D eigenvalue weighted by Gasteiger charge is 2.45. The van der Waals surface area contributed by atoms with E-state index in [4.69, 9.17) is 9.47 Å². The van der Waals surface area contributed by atoms with Crippen LogP contribution in [-0.2, 0) is 14.3 Å². The fraction of sp³-hybridized carbons (Fsp3) is 0.917. The topological polar surface area (TPSA) is 35.5 Å². The summed E-state index contributed by atoms with van der Waals surface area (Å²) < 4.78 is 11.8. The van der Waals surface area contributed by atoms with E-state index in [0.29, 0.717) is 0 Å². The van der Waals surface area contributed by atoms with E-state index >= 15 is 0 Å². The average molecular weight is 212 g/mol. The first-order valence-corrected chi connectivity index (χ1v) is 5.86. The predicted octanol–water partition coefficient (Wildman–Crippen LogP) is 2.29. The van der Waals surface area contributed by atoms with Crippen molar-refractivity contribution < 1.29 is 14.3 Å². The molecule has 1 spiro atoms. The highest BCUT2D eigenvalue weighted by molar-refractivity contribution is 5.59. The third-order valence-electron chi connectivity index (χ3n) is 3.60. The molecule has 0 N–H and O–H groups in total. The molecule has 0 amide bonds. The van der Waals surface area contributed by atoms with Gasteiger partial charge in [0.05, 0.1) is 12.7 Å². The maximum Gasteiger partial charge on any atom is 0.168 e. The van der Waals surface area contributed by atoms with Gasteiger partial charge >= 0.3 is 0 Å². The van der Waals surface area contributed by atoms with Gasteiger partial charge in [0.2, 0.25) is 0 Å². The minimum absolute atomic E-state index is 0.0156. The van der Waals surface area contributed by atoms with Crippen LogP contribution in [0.3, 0.4) is 0 Å². The van der Waals surface area contributed by atoms with E-state index in [1.807, 2.05) is 13.8 Å². The lowest BCUT2D eigenvalue weighted by Crippen LogP contribution is -2.48. The molecule has 1 heterocycles. The predicted molar refractivity (Wildman–Crippen MR) is 56.5 cm³/mol. The van der Waals surface area contributed by atoms with Crippen molar-refractivity contribution in [1.29, 1.82) is 0 Å². The second-order valence-electron chi connectivity index (χ2n) is 5.30. The van der Waals surface area contributed by atoms with Crippen LogP contribution in [0.25, 0.3) is 0 Å². The summed E-state index contributed by atoms with van der Waals surface area (Å²) in [6.07, 6.45) is 6.17. The van der Waals surface area contributed by atoms with Crippen molar-refractivity contribution in [2.24, 2.45) is 5.41 Å². The molecule has 0 bridgehead atoms. The molecular weight excluding hydrogens is 192 g/mol. The summed E-state index contributed by atoms with van der Waals surface area (Å²) in [5.41, 5.74) is -0.390. The highest BCUT2D eigenvalue weighted by atomic mass is 16.7. The SMILES string of the molecule is CC(C)(C=O)[C@@H]1CCOC2(CCCC2)O1. The van der Waals surface area contributed by atoms with Gasteiger partial charge in [-0.3, -0.25) is 0 Å². The third kappa shape index (κ3) is 2.08. The Morgan fingerprint density at radius 2 is 2.00 bits per heavy atom. The molecule has 0 unspecified atom stereocenters. The summed E-state index contributed by atoms with van der Waals surface area (Å²) in [7, 11) is 0. The van der Waals surface area contributed by atoms with E-state index in [-0.39, 0.29) is 17.3 Å². The number of aldehydes is 1. The van der Waals surface area contributed by atoms with Crippen molar-refractivity contribution in [1.82, 2.24) is 0 Å². The van der Waals surface area contributed by atoms with Crippen molar-refractivity contribution in [3.63, 3.8) is 0 Å². The molecule has 86 valence electrons. The molecule has 1 aliphatic heterocycles. The smallest absolute Gasteiger partial charge is 0.168 e. The first-order valence-electron chi connectivity index (χ1n) is 5.86. The zero-order chi connectivity index (χ0) is 10.9. The molecule has 3 heteroatoms. The monoisotopic (exact) mass is 212 g/mol. The van der Waals surface area contributed by atoms with E-state index in [9.17, 15) is 4.79 Å². The largest absolute Gasteiger partial charge is 0.350 e. The Morgan fingerprint density at radius 3 is 2.60 bits per heavy atom. The summed E-state index contributed by atoms with van der Waals surface area (Å²) in [6, 6.07) is 0. The van der Waals surface area contributed by atoms with Gasteiger partial charge in [0.25, 0.3) is 0 Å². The molecular formula is C12H20O3. The van der Waals surface area contributed by atoms with E-state index in [1.165, 1.54) is 12.8 Å². The molecule has 2 fully saturated rings. The quantitative estimate of drug-likeness (QED) is 0.659. The molecule has 1 saturated heterocycles. The van der Waals surface area contributed by atoms with E-state index in [1.54, 1.807) is 0 Å². The van der Waals surface area contributed by atoms with Crippen LogP contribution in [0.1, 0.15) is 46.0 Å². The van der Waals surface area contributed by atoms with Crippen LogP contribution in [-0.4, -0.2) is 24.8 Å². The zero-order valence-electron chi connectivity index (χ0n) is 9.62. The van der Waals surface area contributed by atoms with Crippen LogP contribution in [0.15, 0.2) is 0 Å². The van der Waals surface area contributed by atoms with Crippen LogP contribution in [0.4, 0.5) is 0 Å². The van der Waals surface area contributed by atoms with Gasteiger partial charge in [0.15, 0.2) is 5.79 Å². The molecule has 1 atom stereocenters. The van der Waals surface area contributed by atoms with Crippen LogP contribution in [0, 0.1) is 5.41 Å². The van der Waals surface area contributed by atoms with Crippen molar-refractivity contribution in [2.45, 2.75) is 57.8 Å². The fourth-order valence-corrected chi connectivity index (χ4v) is 2.48. The number of hydrogen-bond acceptors (Lipinski definition) is 3. The summed E-state index contributed by atoms with van der Waals surface area (Å²) in [5, 5.41) is 0. The van der Waals surface area contributed by atoms with Crippen molar-refractivity contribution >= 4 is 6.29 Å². The molecule has 0 radical (unpaired) electrons. The summed E-state index contributed by atoms with van der Waals surface area (Å²) in [4.78, 5) is 11.0. The van der Waals surface area contributed by atoms with Gasteiger partial charge in [-0.25, -0.2) is 0 Å². The molecule has 0 aromatic heterocycles. The molecule has 1 aliphatic carbocycles. The standard InChI is InChI=1S/C12H20O3/c1-11(2,9-13)10-5-8-14-12(15-10)6-3-4-7-12/h9-10H,3-8H2,1-2H3/t10-/m0/s1. The molecule has 0 aromatic rings. The van der Waals surface area contributed by atoms with Crippen molar-refractivity contribution in [3.05, 3.63) is 0 Å². The maximum atomic E-state index is 11.0. The van der Waals surface area contributed by atoms with Gasteiger partial charge in [-0.05, 0) is 19.3 Å². The molecule has 15 heavy (non-hydrogen) atoms. The lowest BCUT2D eigenvalue weighted by molar-refractivity contribution is -0.302. The zero-order valence-corrected chi connectivity index (χ0v) is 9.62. The number of carbonyl (C=O) groups excluding carboxylic acids is 1. The second kappa shape index (κ2) is 3.87. The Morgan fingerprint density at radius 1 is 1.33 bits per heavy atom. The second-order valence-corrected chi connectivity index (χ2v) is 5.30. The van der Waals surface area contributed by atoms with Crippen molar-refractivity contribution in [3.8, 4) is 0 Å². The van der Waals surface area contributed by atoms with Crippen LogP contribution in [0.5, 0.6) is 0 Å². The minimum atomic E-state index is -0.390. The van der Waals surface area contributed by atoms with Crippen LogP contribution in [0.2, 0.25) is 0 Å². The molecule has 2 aliphatic rings. The first-order chi connectivity index (χ1) is 7.08. The number of rotatable bonds is 2. The van der Waals surface area contributed by atoms with E-state index in [2.05, 4.69) is 0 Å². The van der Waals surface area contributed by atoms with Crippen molar-refractivity contribution in [2.75, 3.05) is 6.61 Å². The first kappa shape index (κ1) is 11.1. The Hall–Kier alpha value is -0.410. The minimum Gasteiger partial charge on any atom is -0.350 e. The average Bonchev–Trinajstić information content (AvgIpc) is 2.66. The van der Waals surface area contributed by atoms with Crippen LogP contribution < -0.4 is 0 Å². The normalized spacial score (nSPS) is 30.7. The lowest BCUT2D eigenvalue weighted by atomic mass is 9.85. The maximum absolute atomic E-state index is 11.0. The Balaban J connectivity index is 2.07. The molecule has 0 aromatic carbocycles. The van der Waals surface area contributed by atoms with Gasteiger partial charge in [-0.15, -0.1) is 0 Å². The highest BCUT2D eigenvalue weighted by Crippen LogP contribution is 2.41. The Kier molecular flexibility index (Phi) is 2.86. The van der Waals surface area contributed by atoms with Gasteiger partial charge in [-0.2, -0.15) is 0 Å². The number of carbonyl (C=O) groups is 1. The molecule has 2 rings (SSSR count).